The van der Waals surface area contributed by atoms with Gasteiger partial charge in [-0.15, -0.1) is 0 Å². The fourth-order valence-electron chi connectivity index (χ4n) is 2.50. The third-order valence-electron chi connectivity index (χ3n) is 3.37. The van der Waals surface area contributed by atoms with Gasteiger partial charge in [0.2, 0.25) is 0 Å². The Morgan fingerprint density at radius 2 is 2.06 bits per heavy atom. The molecule has 1 aliphatic rings. The number of aliphatic hydroxyl groups is 1. The summed E-state index contributed by atoms with van der Waals surface area (Å²) < 4.78 is 5.45. The minimum absolute atomic E-state index is 0.0732. The summed E-state index contributed by atoms with van der Waals surface area (Å²) in [6.07, 6.45) is 5.39. The molecule has 0 aliphatic heterocycles. The van der Waals surface area contributed by atoms with Gasteiger partial charge < -0.3 is 9.84 Å². The first-order valence-electron chi connectivity index (χ1n) is 6.15. The van der Waals surface area contributed by atoms with E-state index in [2.05, 4.69) is 19.1 Å². The summed E-state index contributed by atoms with van der Waals surface area (Å²) in [5, 5.41) is 8.72. The number of ether oxygens (including phenoxy) is 1. The van der Waals surface area contributed by atoms with Gasteiger partial charge in [0, 0.05) is 0 Å². The van der Waals surface area contributed by atoms with Gasteiger partial charge in [-0.3, -0.25) is 0 Å². The smallest absolute Gasteiger partial charge is 0.122 e. The van der Waals surface area contributed by atoms with Crippen LogP contribution >= 0.6 is 0 Å². The topological polar surface area (TPSA) is 29.5 Å². The first kappa shape index (κ1) is 11.5. The second-order valence-corrected chi connectivity index (χ2v) is 4.58. The molecule has 1 aromatic rings. The van der Waals surface area contributed by atoms with E-state index in [4.69, 9.17) is 9.84 Å². The lowest BCUT2D eigenvalue weighted by atomic mass is 9.96. The second-order valence-electron chi connectivity index (χ2n) is 4.58. The van der Waals surface area contributed by atoms with Crippen LogP contribution in [0.2, 0.25) is 0 Å². The molecule has 88 valence electrons. The highest BCUT2D eigenvalue weighted by Crippen LogP contribution is 2.35. The van der Waals surface area contributed by atoms with E-state index in [1.165, 1.54) is 36.8 Å². The number of benzene rings is 1. The molecule has 2 heteroatoms. The molecule has 0 spiro atoms. The second kappa shape index (κ2) is 5.35. The summed E-state index contributed by atoms with van der Waals surface area (Å²) in [6, 6.07) is 6.46. The van der Waals surface area contributed by atoms with Crippen LogP contribution in [0.1, 0.15) is 42.7 Å². The van der Waals surface area contributed by atoms with Gasteiger partial charge >= 0.3 is 0 Å². The summed E-state index contributed by atoms with van der Waals surface area (Å²) in [6.45, 7) is 2.53. The average Bonchev–Trinajstić information content (AvgIpc) is 2.81. The van der Waals surface area contributed by atoms with E-state index in [1.807, 2.05) is 6.07 Å². The van der Waals surface area contributed by atoms with Crippen LogP contribution in [0.15, 0.2) is 18.2 Å². The number of hydrogen-bond acceptors (Lipinski definition) is 2. The number of rotatable bonds is 4. The highest BCUT2D eigenvalue weighted by molar-refractivity contribution is 5.37. The first-order chi connectivity index (χ1) is 7.81. The van der Waals surface area contributed by atoms with Crippen molar-refractivity contribution in [3.05, 3.63) is 29.3 Å². The fraction of sp³-hybridized carbons (Fsp3) is 0.571. The Balaban J connectivity index is 2.09. The molecule has 0 bridgehead atoms. The average molecular weight is 220 g/mol. The predicted octanol–water partition coefficient (Wildman–Crippen LogP) is 3.02. The Morgan fingerprint density at radius 1 is 1.31 bits per heavy atom. The van der Waals surface area contributed by atoms with Crippen LogP contribution < -0.4 is 4.74 Å². The lowest BCUT2D eigenvalue weighted by Crippen LogP contribution is -2.03. The minimum Gasteiger partial charge on any atom is -0.491 e. The Hall–Kier alpha value is -1.02. The molecule has 0 radical (unpaired) electrons. The van der Waals surface area contributed by atoms with Crippen LogP contribution in [-0.4, -0.2) is 18.3 Å². The number of aryl methyl sites for hydroxylation is 1. The quantitative estimate of drug-likeness (QED) is 0.845. The minimum atomic E-state index is 0.0732. The van der Waals surface area contributed by atoms with E-state index in [0.717, 1.165) is 11.7 Å². The third kappa shape index (κ3) is 2.56. The lowest BCUT2D eigenvalue weighted by Gasteiger charge is -2.13. The maximum absolute atomic E-state index is 8.72. The molecule has 2 rings (SSSR count). The van der Waals surface area contributed by atoms with E-state index in [-0.39, 0.29) is 6.61 Å². The zero-order valence-electron chi connectivity index (χ0n) is 9.91. The molecule has 16 heavy (non-hydrogen) atoms. The molecule has 0 saturated heterocycles. The largest absolute Gasteiger partial charge is 0.491 e. The van der Waals surface area contributed by atoms with Crippen LogP contribution in [0.3, 0.4) is 0 Å². The molecule has 2 nitrogen and oxygen atoms in total. The molecule has 1 aliphatic carbocycles. The Morgan fingerprint density at radius 3 is 2.69 bits per heavy atom. The van der Waals surface area contributed by atoms with E-state index in [9.17, 15) is 0 Å². The molecule has 0 atom stereocenters. The zero-order chi connectivity index (χ0) is 11.4. The molecule has 1 N–H and O–H groups in total. The Kier molecular flexibility index (Phi) is 3.83. The SMILES string of the molecule is Cc1cc(C2CCCC2)ccc1OCCO. The van der Waals surface area contributed by atoms with E-state index in [0.29, 0.717) is 6.61 Å². The summed E-state index contributed by atoms with van der Waals surface area (Å²) >= 11 is 0. The summed E-state index contributed by atoms with van der Waals surface area (Å²) in [4.78, 5) is 0. The van der Waals surface area contributed by atoms with Crippen LogP contribution in [-0.2, 0) is 0 Å². The van der Waals surface area contributed by atoms with Crippen molar-refractivity contribution in [1.29, 1.82) is 0 Å². The molecular formula is C14H20O2. The summed E-state index contributed by atoms with van der Waals surface area (Å²) in [7, 11) is 0. The van der Waals surface area contributed by atoms with Crippen molar-refractivity contribution in [3.8, 4) is 5.75 Å². The number of hydrogen-bond donors (Lipinski definition) is 1. The zero-order valence-corrected chi connectivity index (χ0v) is 9.91. The van der Waals surface area contributed by atoms with E-state index in [1.54, 1.807) is 0 Å². The highest BCUT2D eigenvalue weighted by Gasteiger charge is 2.17. The van der Waals surface area contributed by atoms with Gasteiger partial charge in [0.05, 0.1) is 6.61 Å². The molecule has 0 heterocycles. The molecule has 0 unspecified atom stereocenters. The molecule has 1 saturated carbocycles. The maximum atomic E-state index is 8.72. The number of aliphatic hydroxyl groups excluding tert-OH is 1. The van der Waals surface area contributed by atoms with Crippen molar-refractivity contribution in [2.24, 2.45) is 0 Å². The Labute approximate surface area is 97.3 Å². The first-order valence-corrected chi connectivity index (χ1v) is 6.15. The van der Waals surface area contributed by atoms with Crippen molar-refractivity contribution in [2.45, 2.75) is 38.5 Å². The lowest BCUT2D eigenvalue weighted by molar-refractivity contribution is 0.200. The van der Waals surface area contributed by atoms with Crippen LogP contribution in [0.25, 0.3) is 0 Å². The van der Waals surface area contributed by atoms with Crippen LogP contribution in [0.4, 0.5) is 0 Å². The molecular weight excluding hydrogens is 200 g/mol. The molecule has 0 aromatic heterocycles. The van der Waals surface area contributed by atoms with Crippen LogP contribution in [0, 0.1) is 6.92 Å². The predicted molar refractivity (Wildman–Crippen MR) is 65.0 cm³/mol. The van der Waals surface area contributed by atoms with Crippen molar-refractivity contribution >= 4 is 0 Å². The standard InChI is InChI=1S/C14H20O2/c1-11-10-13(12-4-2-3-5-12)6-7-14(11)16-9-8-15/h6-7,10,12,15H,2-5,8-9H2,1H3. The Bertz CT molecular complexity index is 341. The van der Waals surface area contributed by atoms with Gasteiger partial charge in [-0.25, -0.2) is 0 Å². The van der Waals surface area contributed by atoms with Crippen molar-refractivity contribution in [3.63, 3.8) is 0 Å². The maximum Gasteiger partial charge on any atom is 0.122 e. The van der Waals surface area contributed by atoms with Gasteiger partial charge in [-0.05, 0) is 42.9 Å². The van der Waals surface area contributed by atoms with E-state index < -0.39 is 0 Å². The third-order valence-corrected chi connectivity index (χ3v) is 3.37. The molecule has 0 amide bonds. The van der Waals surface area contributed by atoms with Crippen molar-refractivity contribution in [2.75, 3.05) is 13.2 Å². The van der Waals surface area contributed by atoms with Gasteiger partial charge in [-0.1, -0.05) is 25.0 Å². The van der Waals surface area contributed by atoms with Crippen molar-refractivity contribution in [1.82, 2.24) is 0 Å². The molecule has 1 fully saturated rings. The molecule has 1 aromatic carbocycles. The summed E-state index contributed by atoms with van der Waals surface area (Å²) in [5.74, 6) is 1.65. The van der Waals surface area contributed by atoms with Gasteiger partial charge in [0.25, 0.3) is 0 Å². The van der Waals surface area contributed by atoms with E-state index >= 15 is 0 Å². The van der Waals surface area contributed by atoms with Crippen LogP contribution in [0.5, 0.6) is 5.75 Å². The van der Waals surface area contributed by atoms with Gasteiger partial charge in [0.15, 0.2) is 0 Å². The van der Waals surface area contributed by atoms with Gasteiger partial charge in [0.1, 0.15) is 12.4 Å². The monoisotopic (exact) mass is 220 g/mol. The normalized spacial score (nSPS) is 16.6. The van der Waals surface area contributed by atoms with Crippen molar-refractivity contribution < 1.29 is 9.84 Å². The van der Waals surface area contributed by atoms with Gasteiger partial charge in [-0.2, -0.15) is 0 Å². The fourth-order valence-corrected chi connectivity index (χ4v) is 2.50. The highest BCUT2D eigenvalue weighted by atomic mass is 16.5. The summed E-state index contributed by atoms with van der Waals surface area (Å²) in [5.41, 5.74) is 2.63.